The number of nitro groups is 2. The lowest BCUT2D eigenvalue weighted by molar-refractivity contribution is -0.396. The first-order valence-electron chi connectivity index (χ1n) is 8.36. The summed E-state index contributed by atoms with van der Waals surface area (Å²) in [6.45, 7) is -0.424. The Morgan fingerprint density at radius 3 is 2.17 bits per heavy atom. The Morgan fingerprint density at radius 1 is 0.967 bits per heavy atom. The molecule has 0 saturated heterocycles. The fourth-order valence-corrected chi connectivity index (χ4v) is 3.49. The molecule has 0 aliphatic carbocycles. The van der Waals surface area contributed by atoms with Crippen molar-refractivity contribution in [3.05, 3.63) is 73.8 Å². The lowest BCUT2D eigenvalue weighted by Crippen LogP contribution is -2.25. The molecule has 10 nitrogen and oxygen atoms in total. The van der Waals surface area contributed by atoms with E-state index in [4.69, 9.17) is 5.11 Å². The smallest absolute Gasteiger partial charge is 0.296 e. The molecule has 2 rings (SSSR count). The summed E-state index contributed by atoms with van der Waals surface area (Å²) in [6.07, 6.45) is 0.0990. The summed E-state index contributed by atoms with van der Waals surface area (Å²) in [4.78, 5) is 19.4. The van der Waals surface area contributed by atoms with E-state index >= 15 is 0 Å². The number of non-ortho nitro benzene ring substituents is 1. The largest absolute Gasteiger partial charge is 0.384 e. The highest BCUT2D eigenvalue weighted by Gasteiger charge is 2.28. The van der Waals surface area contributed by atoms with Gasteiger partial charge in [0.1, 0.15) is 6.61 Å². The molecule has 0 saturated carbocycles. The summed E-state index contributed by atoms with van der Waals surface area (Å²) in [5, 5.41) is 30.7. The van der Waals surface area contributed by atoms with Crippen LogP contribution in [0.25, 0.3) is 0 Å². The summed E-state index contributed by atoms with van der Waals surface area (Å²) in [7, 11) is -4.28. The van der Waals surface area contributed by atoms with Gasteiger partial charge in [-0.1, -0.05) is 35.8 Å². The van der Waals surface area contributed by atoms with Gasteiger partial charge in [-0.05, 0) is 18.2 Å². The minimum Gasteiger partial charge on any atom is -0.384 e. The van der Waals surface area contributed by atoms with E-state index in [-0.39, 0.29) is 19.6 Å². The van der Waals surface area contributed by atoms with Crippen molar-refractivity contribution in [2.24, 2.45) is 0 Å². The number of aliphatic hydroxyl groups is 1. The number of hydrogen-bond acceptors (Lipinski definition) is 7. The number of hydrogen-bond donors (Lipinski definition) is 2. The number of nitrogens with zero attached hydrogens (tertiary/aromatic N) is 2. The van der Waals surface area contributed by atoms with Gasteiger partial charge in [0.25, 0.3) is 11.4 Å². The molecule has 0 aliphatic rings. The standard InChI is InChI=1S/C19H15N3O7S/c23-13-5-9-16-7-2-1-6-15(16)8-3-4-12-20-30(28,29)19-11-10-17(21(24)25)14-18(19)22(26)27/h1-2,6-7,10-11,14,20,23H,4,12-13H2. The average Bonchev–Trinajstić information content (AvgIpc) is 2.72. The van der Waals surface area contributed by atoms with Crippen molar-refractivity contribution in [3.63, 3.8) is 0 Å². The minimum atomic E-state index is -4.28. The highest BCUT2D eigenvalue weighted by molar-refractivity contribution is 7.89. The quantitative estimate of drug-likeness (QED) is 0.306. The number of rotatable bonds is 6. The Balaban J connectivity index is 2.12. The van der Waals surface area contributed by atoms with Crippen LogP contribution in [0, 0.1) is 43.9 Å². The van der Waals surface area contributed by atoms with Crippen molar-refractivity contribution in [1.29, 1.82) is 0 Å². The lowest BCUT2D eigenvalue weighted by Gasteiger charge is -2.06. The van der Waals surface area contributed by atoms with Gasteiger partial charge in [-0.3, -0.25) is 20.2 Å². The highest BCUT2D eigenvalue weighted by atomic mass is 32.2. The second kappa shape index (κ2) is 10.1. The summed E-state index contributed by atoms with van der Waals surface area (Å²) in [5.41, 5.74) is -0.262. The van der Waals surface area contributed by atoms with E-state index in [2.05, 4.69) is 28.4 Å². The number of benzene rings is 2. The molecule has 0 unspecified atom stereocenters. The van der Waals surface area contributed by atoms with Crippen LogP contribution in [-0.4, -0.2) is 36.5 Å². The fourth-order valence-electron chi connectivity index (χ4n) is 2.31. The van der Waals surface area contributed by atoms with Crippen LogP contribution < -0.4 is 4.72 Å². The number of nitrogens with one attached hydrogen (secondary N) is 1. The van der Waals surface area contributed by atoms with E-state index in [1.807, 2.05) is 0 Å². The van der Waals surface area contributed by atoms with Crippen LogP contribution in [0.3, 0.4) is 0 Å². The van der Waals surface area contributed by atoms with E-state index < -0.39 is 36.1 Å². The van der Waals surface area contributed by atoms with Gasteiger partial charge in [0.15, 0.2) is 4.90 Å². The second-order valence-electron chi connectivity index (χ2n) is 5.62. The molecule has 0 aliphatic heterocycles. The zero-order valence-corrected chi connectivity index (χ0v) is 16.2. The van der Waals surface area contributed by atoms with Crippen LogP contribution in [0.5, 0.6) is 0 Å². The van der Waals surface area contributed by atoms with Crippen molar-refractivity contribution in [1.82, 2.24) is 4.72 Å². The van der Waals surface area contributed by atoms with Crippen LogP contribution in [0.15, 0.2) is 47.4 Å². The van der Waals surface area contributed by atoms with Gasteiger partial charge in [0.05, 0.1) is 15.9 Å². The van der Waals surface area contributed by atoms with Crippen LogP contribution in [0.4, 0.5) is 11.4 Å². The molecule has 0 spiro atoms. The summed E-state index contributed by atoms with van der Waals surface area (Å²) in [6, 6.07) is 9.26. The third kappa shape index (κ3) is 5.86. The molecule has 0 heterocycles. The Bertz CT molecular complexity index is 1200. The monoisotopic (exact) mass is 429 g/mol. The SMILES string of the molecule is O=[N+]([O-])c1ccc(S(=O)(=O)NCCC#Cc2ccccc2C#CCO)c([N+](=O)[O-])c1. The maximum absolute atomic E-state index is 12.4. The molecular formula is C19H15N3O7S. The predicted octanol–water partition coefficient (Wildman–Crippen LogP) is 1.57. The molecule has 30 heavy (non-hydrogen) atoms. The van der Waals surface area contributed by atoms with Crippen molar-refractivity contribution in [2.45, 2.75) is 11.3 Å². The van der Waals surface area contributed by atoms with Crippen LogP contribution >= 0.6 is 0 Å². The molecule has 11 heteroatoms. The van der Waals surface area contributed by atoms with Gasteiger partial charge in [-0.2, -0.15) is 0 Å². The van der Waals surface area contributed by atoms with E-state index in [9.17, 15) is 28.6 Å². The maximum Gasteiger partial charge on any atom is 0.296 e. The molecule has 154 valence electrons. The normalized spacial score (nSPS) is 10.3. The Kier molecular flexibility index (Phi) is 7.61. The molecule has 0 fully saturated rings. The number of aliphatic hydroxyl groups excluding tert-OH is 1. The van der Waals surface area contributed by atoms with E-state index in [1.165, 1.54) is 0 Å². The van der Waals surface area contributed by atoms with Gasteiger partial charge in [-0.25, -0.2) is 13.1 Å². The van der Waals surface area contributed by atoms with Crippen molar-refractivity contribution < 1.29 is 23.4 Å². The van der Waals surface area contributed by atoms with Gasteiger partial charge < -0.3 is 5.11 Å². The summed E-state index contributed by atoms with van der Waals surface area (Å²) in [5.74, 6) is 10.9. The third-order valence-electron chi connectivity index (χ3n) is 3.63. The lowest BCUT2D eigenvalue weighted by atomic mass is 10.1. The fraction of sp³-hybridized carbons (Fsp3) is 0.158. The highest BCUT2D eigenvalue weighted by Crippen LogP contribution is 2.28. The molecule has 2 aromatic rings. The van der Waals surface area contributed by atoms with Gasteiger partial charge in [0.2, 0.25) is 10.0 Å². The topological polar surface area (TPSA) is 153 Å². The Labute approximate surface area is 171 Å². The van der Waals surface area contributed by atoms with E-state index in [1.54, 1.807) is 24.3 Å². The summed E-state index contributed by atoms with van der Waals surface area (Å²) < 4.78 is 26.9. The second-order valence-corrected chi connectivity index (χ2v) is 7.36. The Hall–Kier alpha value is -3.77. The first-order chi connectivity index (χ1) is 14.3. The number of sulfonamides is 1. The van der Waals surface area contributed by atoms with Crippen LogP contribution in [0.2, 0.25) is 0 Å². The molecule has 0 bridgehead atoms. The zero-order valence-electron chi connectivity index (χ0n) is 15.4. The first kappa shape index (κ1) is 22.5. The molecule has 0 radical (unpaired) electrons. The molecule has 0 aromatic heterocycles. The molecule has 2 aromatic carbocycles. The van der Waals surface area contributed by atoms with Crippen molar-refractivity contribution in [3.8, 4) is 23.7 Å². The molecular weight excluding hydrogens is 414 g/mol. The van der Waals surface area contributed by atoms with E-state index in [0.717, 1.165) is 12.1 Å². The van der Waals surface area contributed by atoms with E-state index in [0.29, 0.717) is 17.2 Å². The summed E-state index contributed by atoms with van der Waals surface area (Å²) >= 11 is 0. The van der Waals surface area contributed by atoms with Gasteiger partial charge in [0, 0.05) is 30.2 Å². The third-order valence-corrected chi connectivity index (χ3v) is 5.14. The Morgan fingerprint density at radius 2 is 1.60 bits per heavy atom. The van der Waals surface area contributed by atoms with Crippen LogP contribution in [0.1, 0.15) is 17.5 Å². The molecule has 2 N–H and O–H groups in total. The first-order valence-corrected chi connectivity index (χ1v) is 9.84. The molecule has 0 atom stereocenters. The van der Waals surface area contributed by atoms with Crippen LogP contribution in [-0.2, 0) is 10.0 Å². The zero-order chi connectivity index (χ0) is 22.1. The number of nitro benzene ring substituents is 2. The van der Waals surface area contributed by atoms with Crippen molar-refractivity contribution >= 4 is 21.4 Å². The predicted molar refractivity (Wildman–Crippen MR) is 107 cm³/mol. The average molecular weight is 429 g/mol. The molecule has 0 amide bonds. The van der Waals surface area contributed by atoms with Gasteiger partial charge >= 0.3 is 0 Å². The van der Waals surface area contributed by atoms with Gasteiger partial charge in [-0.15, -0.1) is 0 Å². The minimum absolute atomic E-state index is 0.0990. The maximum atomic E-state index is 12.4. The van der Waals surface area contributed by atoms with Crippen molar-refractivity contribution in [2.75, 3.05) is 13.2 Å².